The number of aromatic nitrogens is 2. The van der Waals surface area contributed by atoms with E-state index in [1.807, 2.05) is 24.3 Å². The lowest BCUT2D eigenvalue weighted by Gasteiger charge is -2.24. The molecule has 0 radical (unpaired) electrons. The highest BCUT2D eigenvalue weighted by atomic mass is 16.5. The molecule has 0 atom stereocenters. The van der Waals surface area contributed by atoms with Crippen molar-refractivity contribution in [2.24, 2.45) is 0 Å². The van der Waals surface area contributed by atoms with Crippen LogP contribution in [0.5, 0.6) is 0 Å². The largest absolute Gasteiger partial charge is 0.338 e. The summed E-state index contributed by atoms with van der Waals surface area (Å²) in [5.41, 5.74) is 1.86. The van der Waals surface area contributed by atoms with E-state index in [2.05, 4.69) is 35.0 Å². The van der Waals surface area contributed by atoms with Crippen LogP contribution in [0.3, 0.4) is 0 Å². The van der Waals surface area contributed by atoms with E-state index in [4.69, 9.17) is 9.78 Å². The Morgan fingerprint density at radius 3 is 2.59 bits per heavy atom. The average molecular weight is 296 g/mol. The maximum absolute atomic E-state index is 8.86. The summed E-state index contributed by atoms with van der Waals surface area (Å²) in [5, 5.41) is 12.9. The van der Waals surface area contributed by atoms with Crippen LogP contribution in [0.25, 0.3) is 0 Å². The van der Waals surface area contributed by atoms with Gasteiger partial charge < -0.3 is 4.52 Å². The molecule has 5 heteroatoms. The molecule has 2 aromatic rings. The second-order valence-corrected chi connectivity index (χ2v) is 6.13. The molecule has 1 aromatic heterocycles. The van der Waals surface area contributed by atoms with E-state index >= 15 is 0 Å². The fraction of sp³-hybridized carbons (Fsp3) is 0.471. The first-order chi connectivity index (χ1) is 10.7. The van der Waals surface area contributed by atoms with E-state index in [1.165, 1.54) is 18.4 Å². The second kappa shape index (κ2) is 6.29. The van der Waals surface area contributed by atoms with Gasteiger partial charge in [-0.3, -0.25) is 4.90 Å². The molecule has 5 nitrogen and oxygen atoms in total. The van der Waals surface area contributed by atoms with Crippen molar-refractivity contribution in [3.63, 3.8) is 0 Å². The van der Waals surface area contributed by atoms with Gasteiger partial charge in [0.1, 0.15) is 0 Å². The lowest BCUT2D eigenvalue weighted by Crippen LogP contribution is -2.30. The van der Waals surface area contributed by atoms with E-state index in [1.54, 1.807) is 0 Å². The zero-order valence-electron chi connectivity index (χ0n) is 13.0. The van der Waals surface area contributed by atoms with Crippen molar-refractivity contribution in [3.05, 3.63) is 47.1 Å². The zero-order valence-corrected chi connectivity index (χ0v) is 13.0. The van der Waals surface area contributed by atoms with Crippen LogP contribution in [-0.4, -0.2) is 21.1 Å². The molecular formula is C17H20N4O. The van der Waals surface area contributed by atoms with Gasteiger partial charge in [-0.05, 0) is 44.4 Å². The van der Waals surface area contributed by atoms with Crippen molar-refractivity contribution >= 4 is 0 Å². The number of nitriles is 1. The van der Waals surface area contributed by atoms with Gasteiger partial charge in [-0.2, -0.15) is 10.2 Å². The monoisotopic (exact) mass is 296 g/mol. The molecule has 0 bridgehead atoms. The summed E-state index contributed by atoms with van der Waals surface area (Å²) in [5.74, 6) is 2.06. The van der Waals surface area contributed by atoms with Gasteiger partial charge in [-0.15, -0.1) is 0 Å². The molecule has 1 fully saturated rings. The smallest absolute Gasteiger partial charge is 0.240 e. The van der Waals surface area contributed by atoms with Crippen molar-refractivity contribution in [1.29, 1.82) is 5.26 Å². The van der Waals surface area contributed by atoms with Gasteiger partial charge in [-0.25, -0.2) is 0 Å². The molecule has 0 aliphatic heterocycles. The molecule has 0 amide bonds. The fourth-order valence-electron chi connectivity index (χ4n) is 2.35. The van der Waals surface area contributed by atoms with Gasteiger partial charge in [0.05, 0.1) is 18.2 Å². The summed E-state index contributed by atoms with van der Waals surface area (Å²) >= 11 is 0. The standard InChI is InChI=1S/C17H20N4O/c1-12(2)21(10-14-5-3-13(9-18)4-6-14)11-16-19-17(20-22-16)15-7-8-15/h3-6,12,15H,7-8,10-11H2,1-2H3. The number of nitrogens with zero attached hydrogens (tertiary/aromatic N) is 4. The lowest BCUT2D eigenvalue weighted by atomic mass is 10.1. The van der Waals surface area contributed by atoms with Gasteiger partial charge >= 0.3 is 0 Å². The summed E-state index contributed by atoms with van der Waals surface area (Å²) in [7, 11) is 0. The van der Waals surface area contributed by atoms with E-state index < -0.39 is 0 Å². The Labute approximate surface area is 130 Å². The van der Waals surface area contributed by atoms with Gasteiger partial charge in [0.15, 0.2) is 5.82 Å². The van der Waals surface area contributed by atoms with Gasteiger partial charge in [0.2, 0.25) is 5.89 Å². The van der Waals surface area contributed by atoms with Crippen LogP contribution in [0, 0.1) is 11.3 Å². The van der Waals surface area contributed by atoms with Crippen LogP contribution in [-0.2, 0) is 13.1 Å². The quantitative estimate of drug-likeness (QED) is 0.818. The minimum Gasteiger partial charge on any atom is -0.338 e. The molecule has 1 heterocycles. The highest BCUT2D eigenvalue weighted by Gasteiger charge is 2.29. The van der Waals surface area contributed by atoms with Crippen LogP contribution in [0.15, 0.2) is 28.8 Å². The Morgan fingerprint density at radius 1 is 1.27 bits per heavy atom. The average Bonchev–Trinajstić information content (AvgIpc) is 3.27. The number of rotatable bonds is 6. The first kappa shape index (κ1) is 14.7. The third-order valence-electron chi connectivity index (χ3n) is 3.96. The molecular weight excluding hydrogens is 276 g/mol. The van der Waals surface area contributed by atoms with E-state index in [-0.39, 0.29) is 0 Å². The first-order valence-corrected chi connectivity index (χ1v) is 7.71. The summed E-state index contributed by atoms with van der Waals surface area (Å²) in [6, 6.07) is 10.2. The molecule has 0 unspecified atom stereocenters. The Morgan fingerprint density at radius 2 is 2.00 bits per heavy atom. The molecule has 114 valence electrons. The predicted octanol–water partition coefficient (Wildman–Crippen LogP) is 3.23. The van der Waals surface area contributed by atoms with Gasteiger partial charge in [-0.1, -0.05) is 17.3 Å². The maximum atomic E-state index is 8.86. The molecule has 0 N–H and O–H groups in total. The van der Waals surface area contributed by atoms with E-state index in [0.717, 1.165) is 12.4 Å². The molecule has 22 heavy (non-hydrogen) atoms. The first-order valence-electron chi connectivity index (χ1n) is 7.71. The molecule has 1 aliphatic rings. The maximum Gasteiger partial charge on any atom is 0.240 e. The van der Waals surface area contributed by atoms with Crippen molar-refractivity contribution in [3.8, 4) is 6.07 Å². The summed E-state index contributed by atoms with van der Waals surface area (Å²) in [6.07, 6.45) is 2.36. The normalized spacial score (nSPS) is 14.5. The van der Waals surface area contributed by atoms with Crippen molar-refractivity contribution in [1.82, 2.24) is 15.0 Å². The van der Waals surface area contributed by atoms with Crippen LogP contribution in [0.2, 0.25) is 0 Å². The second-order valence-electron chi connectivity index (χ2n) is 6.13. The summed E-state index contributed by atoms with van der Waals surface area (Å²) in [6.45, 7) is 5.76. The van der Waals surface area contributed by atoms with Crippen LogP contribution in [0.1, 0.15) is 55.4 Å². The zero-order chi connectivity index (χ0) is 15.5. The van der Waals surface area contributed by atoms with Gasteiger partial charge in [0, 0.05) is 18.5 Å². The molecule has 1 aromatic carbocycles. The van der Waals surface area contributed by atoms with Crippen molar-refractivity contribution < 1.29 is 4.52 Å². The van der Waals surface area contributed by atoms with Gasteiger partial charge in [0.25, 0.3) is 0 Å². The van der Waals surface area contributed by atoms with Crippen LogP contribution < -0.4 is 0 Å². The third-order valence-corrected chi connectivity index (χ3v) is 3.96. The van der Waals surface area contributed by atoms with Crippen molar-refractivity contribution in [2.45, 2.75) is 51.7 Å². The number of hydrogen-bond donors (Lipinski definition) is 0. The summed E-state index contributed by atoms with van der Waals surface area (Å²) in [4.78, 5) is 6.78. The Hall–Kier alpha value is -2.19. The minimum atomic E-state index is 0.368. The van der Waals surface area contributed by atoms with Crippen molar-refractivity contribution in [2.75, 3.05) is 0 Å². The SMILES string of the molecule is CC(C)N(Cc1ccc(C#N)cc1)Cc1nc(C2CC2)no1. The molecule has 1 aliphatic carbocycles. The Bertz CT molecular complexity index is 665. The molecule has 1 saturated carbocycles. The minimum absolute atomic E-state index is 0.368. The Kier molecular flexibility index (Phi) is 4.21. The fourth-order valence-corrected chi connectivity index (χ4v) is 2.35. The van der Waals surface area contributed by atoms with E-state index in [0.29, 0.717) is 30.0 Å². The van der Waals surface area contributed by atoms with E-state index in [9.17, 15) is 0 Å². The Balaban J connectivity index is 1.67. The van der Waals surface area contributed by atoms with Crippen LogP contribution >= 0.6 is 0 Å². The number of benzene rings is 1. The highest BCUT2D eigenvalue weighted by molar-refractivity contribution is 5.31. The molecule has 3 rings (SSSR count). The highest BCUT2D eigenvalue weighted by Crippen LogP contribution is 2.38. The molecule has 0 saturated heterocycles. The number of hydrogen-bond acceptors (Lipinski definition) is 5. The topological polar surface area (TPSA) is 66.0 Å². The molecule has 0 spiro atoms. The summed E-state index contributed by atoms with van der Waals surface area (Å²) < 4.78 is 5.37. The predicted molar refractivity (Wildman–Crippen MR) is 81.8 cm³/mol. The third kappa shape index (κ3) is 3.52. The lowest BCUT2D eigenvalue weighted by molar-refractivity contribution is 0.176. The van der Waals surface area contributed by atoms with Crippen LogP contribution in [0.4, 0.5) is 0 Å².